The van der Waals surface area contributed by atoms with Gasteiger partial charge >= 0.3 is 0 Å². The van der Waals surface area contributed by atoms with Crippen molar-refractivity contribution in [1.82, 2.24) is 4.98 Å². The van der Waals surface area contributed by atoms with E-state index in [1.165, 1.54) is 11.3 Å². The van der Waals surface area contributed by atoms with Gasteiger partial charge in [-0.25, -0.2) is 4.98 Å². The summed E-state index contributed by atoms with van der Waals surface area (Å²) in [5.74, 6) is 0.906. The van der Waals surface area contributed by atoms with Gasteiger partial charge in [0.1, 0.15) is 5.75 Å². The molecular formula is C15H17N3O2S. The van der Waals surface area contributed by atoms with Gasteiger partial charge in [-0.2, -0.15) is 0 Å². The smallest absolute Gasteiger partial charge is 0.186 e. The molecule has 21 heavy (non-hydrogen) atoms. The molecule has 0 bridgehead atoms. The summed E-state index contributed by atoms with van der Waals surface area (Å²) in [6.45, 7) is 3.61. The number of thiazole rings is 1. The number of aromatic nitrogens is 1. The minimum atomic E-state index is 0.678. The fraction of sp³-hybridized carbons (Fsp3) is 0.333. The second-order valence-corrected chi connectivity index (χ2v) is 5.85. The first-order valence-electron chi connectivity index (χ1n) is 6.85. The monoisotopic (exact) mass is 303 g/mol. The molecule has 3 rings (SSSR count). The summed E-state index contributed by atoms with van der Waals surface area (Å²) in [6.07, 6.45) is 2.49. The van der Waals surface area contributed by atoms with Crippen molar-refractivity contribution in [3.8, 4) is 5.75 Å². The van der Waals surface area contributed by atoms with Gasteiger partial charge in [0.15, 0.2) is 11.4 Å². The predicted octanol–water partition coefficient (Wildman–Crippen LogP) is 2.29. The number of ether oxygens (including phenoxy) is 1. The van der Waals surface area contributed by atoms with E-state index in [1.807, 2.05) is 18.2 Å². The number of piperazine rings is 1. The van der Waals surface area contributed by atoms with E-state index in [4.69, 9.17) is 4.74 Å². The number of anilines is 2. The van der Waals surface area contributed by atoms with Crippen LogP contribution in [-0.4, -0.2) is 44.6 Å². The van der Waals surface area contributed by atoms with Crippen molar-refractivity contribution in [2.45, 2.75) is 0 Å². The third-order valence-corrected chi connectivity index (χ3v) is 4.59. The van der Waals surface area contributed by atoms with Crippen LogP contribution in [0.5, 0.6) is 5.75 Å². The Morgan fingerprint density at radius 2 is 1.90 bits per heavy atom. The number of carbonyl (C=O) groups excluding carboxylic acids is 1. The summed E-state index contributed by atoms with van der Waals surface area (Å²) in [4.78, 5) is 20.3. The molecule has 1 aromatic carbocycles. The number of aldehydes is 1. The van der Waals surface area contributed by atoms with Crippen LogP contribution in [0, 0.1) is 0 Å². The van der Waals surface area contributed by atoms with Crippen LogP contribution in [-0.2, 0) is 0 Å². The lowest BCUT2D eigenvalue weighted by Gasteiger charge is -2.36. The molecule has 2 heterocycles. The molecule has 110 valence electrons. The standard InChI is InChI=1S/C15H17N3O2S/c1-20-14-5-3-2-4-13(14)17-6-8-18(9-7-17)15-16-10-12(11-19)21-15/h2-5,10-11H,6-9H2,1H3. The Labute approximate surface area is 127 Å². The second kappa shape index (κ2) is 6.13. The van der Waals surface area contributed by atoms with Gasteiger partial charge in [0.05, 0.1) is 23.9 Å². The zero-order valence-corrected chi connectivity index (χ0v) is 12.7. The fourth-order valence-corrected chi connectivity index (χ4v) is 3.29. The predicted molar refractivity (Wildman–Crippen MR) is 84.9 cm³/mol. The van der Waals surface area contributed by atoms with Crippen molar-refractivity contribution in [2.75, 3.05) is 43.1 Å². The van der Waals surface area contributed by atoms with Crippen molar-refractivity contribution in [1.29, 1.82) is 0 Å². The number of nitrogens with zero attached hydrogens (tertiary/aromatic N) is 3. The molecule has 0 radical (unpaired) electrons. The Hall–Kier alpha value is -2.08. The van der Waals surface area contributed by atoms with Crippen LogP contribution in [0.15, 0.2) is 30.5 Å². The number of benzene rings is 1. The third-order valence-electron chi connectivity index (χ3n) is 3.60. The SMILES string of the molecule is COc1ccccc1N1CCN(c2ncc(C=O)s2)CC1. The first-order chi connectivity index (χ1) is 10.3. The molecule has 0 N–H and O–H groups in total. The quantitative estimate of drug-likeness (QED) is 0.811. The summed E-state index contributed by atoms with van der Waals surface area (Å²) in [6, 6.07) is 8.08. The Kier molecular flexibility index (Phi) is 4.06. The molecule has 1 aromatic heterocycles. The molecule has 6 heteroatoms. The maximum absolute atomic E-state index is 10.7. The molecule has 0 atom stereocenters. The van der Waals surface area contributed by atoms with E-state index >= 15 is 0 Å². The van der Waals surface area contributed by atoms with E-state index in [0.29, 0.717) is 4.88 Å². The first-order valence-corrected chi connectivity index (χ1v) is 7.67. The van der Waals surface area contributed by atoms with Crippen molar-refractivity contribution < 1.29 is 9.53 Å². The highest BCUT2D eigenvalue weighted by atomic mass is 32.1. The van der Waals surface area contributed by atoms with Gasteiger partial charge in [-0.3, -0.25) is 4.79 Å². The van der Waals surface area contributed by atoms with E-state index in [0.717, 1.165) is 49.0 Å². The van der Waals surface area contributed by atoms with Crippen molar-refractivity contribution >= 4 is 28.4 Å². The summed E-state index contributed by atoms with van der Waals surface area (Å²) in [7, 11) is 1.70. The molecule has 0 saturated carbocycles. The molecule has 1 fully saturated rings. The second-order valence-electron chi connectivity index (χ2n) is 4.81. The first kappa shape index (κ1) is 13.9. The Morgan fingerprint density at radius 1 is 1.19 bits per heavy atom. The van der Waals surface area contributed by atoms with Gasteiger partial charge in [0, 0.05) is 26.2 Å². The molecule has 1 aliphatic heterocycles. The fourth-order valence-electron chi connectivity index (χ4n) is 2.51. The van der Waals surface area contributed by atoms with Gasteiger partial charge in [0.2, 0.25) is 0 Å². The minimum Gasteiger partial charge on any atom is -0.495 e. The average molecular weight is 303 g/mol. The molecule has 0 aliphatic carbocycles. The van der Waals surface area contributed by atoms with Crippen LogP contribution in [0.1, 0.15) is 9.67 Å². The van der Waals surface area contributed by atoms with Gasteiger partial charge in [-0.15, -0.1) is 0 Å². The van der Waals surface area contributed by atoms with E-state index in [-0.39, 0.29) is 0 Å². The normalized spacial score (nSPS) is 15.1. The molecule has 0 amide bonds. The van der Waals surface area contributed by atoms with Gasteiger partial charge in [0.25, 0.3) is 0 Å². The van der Waals surface area contributed by atoms with Crippen LogP contribution in [0.25, 0.3) is 0 Å². The summed E-state index contributed by atoms with van der Waals surface area (Å²) in [5, 5.41) is 0.928. The number of methoxy groups -OCH3 is 1. The largest absolute Gasteiger partial charge is 0.495 e. The van der Waals surface area contributed by atoms with Crippen molar-refractivity contribution in [3.63, 3.8) is 0 Å². The number of para-hydroxylation sites is 2. The molecule has 0 unspecified atom stereocenters. The Bertz CT molecular complexity index is 621. The van der Waals surface area contributed by atoms with E-state index in [9.17, 15) is 4.79 Å². The topological polar surface area (TPSA) is 45.7 Å². The minimum absolute atomic E-state index is 0.678. The lowest BCUT2D eigenvalue weighted by Crippen LogP contribution is -2.46. The molecular weight excluding hydrogens is 286 g/mol. The van der Waals surface area contributed by atoms with Crippen LogP contribution in [0.3, 0.4) is 0 Å². The van der Waals surface area contributed by atoms with Crippen molar-refractivity contribution in [2.24, 2.45) is 0 Å². The van der Waals surface area contributed by atoms with Crippen LogP contribution in [0.2, 0.25) is 0 Å². The summed E-state index contributed by atoms with van der Waals surface area (Å²) >= 11 is 1.45. The van der Waals surface area contributed by atoms with E-state index in [1.54, 1.807) is 13.3 Å². The highest BCUT2D eigenvalue weighted by Gasteiger charge is 2.21. The number of rotatable bonds is 4. The maximum atomic E-state index is 10.7. The molecule has 0 spiro atoms. The molecule has 2 aromatic rings. The molecule has 1 aliphatic rings. The van der Waals surface area contributed by atoms with Crippen LogP contribution < -0.4 is 14.5 Å². The Balaban J connectivity index is 1.68. The number of hydrogen-bond acceptors (Lipinski definition) is 6. The maximum Gasteiger partial charge on any atom is 0.186 e. The summed E-state index contributed by atoms with van der Waals surface area (Å²) < 4.78 is 5.42. The third kappa shape index (κ3) is 2.85. The number of hydrogen-bond donors (Lipinski definition) is 0. The average Bonchev–Trinajstić information content (AvgIpc) is 3.04. The van der Waals surface area contributed by atoms with Crippen LogP contribution in [0.4, 0.5) is 10.8 Å². The van der Waals surface area contributed by atoms with Gasteiger partial charge < -0.3 is 14.5 Å². The number of carbonyl (C=O) groups is 1. The van der Waals surface area contributed by atoms with Gasteiger partial charge in [-0.1, -0.05) is 23.5 Å². The molecule has 1 saturated heterocycles. The highest BCUT2D eigenvalue weighted by Crippen LogP contribution is 2.29. The van der Waals surface area contributed by atoms with Gasteiger partial charge in [-0.05, 0) is 12.1 Å². The van der Waals surface area contributed by atoms with E-state index in [2.05, 4.69) is 20.9 Å². The zero-order valence-electron chi connectivity index (χ0n) is 11.9. The van der Waals surface area contributed by atoms with Crippen molar-refractivity contribution in [3.05, 3.63) is 35.3 Å². The Morgan fingerprint density at radius 3 is 2.57 bits per heavy atom. The zero-order chi connectivity index (χ0) is 14.7. The lowest BCUT2D eigenvalue weighted by atomic mass is 10.2. The molecule has 5 nitrogen and oxygen atoms in total. The van der Waals surface area contributed by atoms with Crippen LogP contribution >= 0.6 is 11.3 Å². The highest BCUT2D eigenvalue weighted by molar-refractivity contribution is 7.17. The summed E-state index contributed by atoms with van der Waals surface area (Å²) in [5.41, 5.74) is 1.13. The van der Waals surface area contributed by atoms with E-state index < -0.39 is 0 Å². The lowest BCUT2D eigenvalue weighted by molar-refractivity contribution is 0.112.